The van der Waals surface area contributed by atoms with Crippen molar-refractivity contribution in [2.75, 3.05) is 55.7 Å². The van der Waals surface area contributed by atoms with E-state index in [9.17, 15) is 9.59 Å². The summed E-state index contributed by atoms with van der Waals surface area (Å²) in [7, 11) is 0. The van der Waals surface area contributed by atoms with E-state index in [1.807, 2.05) is 16.2 Å². The van der Waals surface area contributed by atoms with Gasteiger partial charge in [0.25, 0.3) is 0 Å². The second-order valence-electron chi connectivity index (χ2n) is 13.4. The lowest BCUT2D eigenvalue weighted by Crippen LogP contribution is -2.46. The quantitative estimate of drug-likeness (QED) is 0.115. The number of carbonyl (C=O) groups excluding carboxylic acids is 1. The smallest absolute Gasteiger partial charge is 0.303 e. The molecule has 2 aromatic carbocycles. The number of piperazine rings is 1. The predicted molar refractivity (Wildman–Crippen MR) is 195 cm³/mol. The summed E-state index contributed by atoms with van der Waals surface area (Å²) in [4.78, 5) is 30.6. The monoisotopic (exact) mass is 661 g/mol. The summed E-state index contributed by atoms with van der Waals surface area (Å²) in [6.07, 6.45) is 16.5. The zero-order chi connectivity index (χ0) is 32.7. The Balaban J connectivity index is 0.935. The number of ether oxygens (including phenoxy) is 1. The molecule has 0 saturated carbocycles. The van der Waals surface area contributed by atoms with Crippen molar-refractivity contribution >= 4 is 44.7 Å². The maximum absolute atomic E-state index is 12.9. The Morgan fingerprint density at radius 2 is 1.45 bits per heavy atom. The van der Waals surface area contributed by atoms with Crippen LogP contribution in [-0.4, -0.2) is 67.8 Å². The number of amides is 1. The molecule has 8 heteroatoms. The molecular weight excluding hydrogens is 607 g/mol. The third-order valence-electron chi connectivity index (χ3n) is 9.85. The summed E-state index contributed by atoms with van der Waals surface area (Å²) < 4.78 is 7.56. The van der Waals surface area contributed by atoms with E-state index in [0.717, 1.165) is 102 Å². The average Bonchev–Trinajstić information content (AvgIpc) is 3.57. The highest BCUT2D eigenvalue weighted by atomic mass is 32.1. The van der Waals surface area contributed by atoms with Crippen molar-refractivity contribution in [3.05, 3.63) is 53.4 Å². The van der Waals surface area contributed by atoms with Crippen LogP contribution in [0, 0.1) is 0 Å². The fourth-order valence-electron chi connectivity index (χ4n) is 7.08. The molecule has 3 heterocycles. The molecule has 0 atom stereocenters. The summed E-state index contributed by atoms with van der Waals surface area (Å²) in [5.74, 6) is 0.436. The molecule has 2 aliphatic heterocycles. The van der Waals surface area contributed by atoms with Gasteiger partial charge in [0.15, 0.2) is 0 Å². The zero-order valence-corrected chi connectivity index (χ0v) is 29.1. The Bertz CT molecular complexity index is 1400. The van der Waals surface area contributed by atoms with Gasteiger partial charge >= 0.3 is 5.97 Å². The zero-order valence-electron chi connectivity index (χ0n) is 28.3. The molecule has 1 aromatic heterocycles. The second-order valence-corrected chi connectivity index (χ2v) is 14.3. The highest BCUT2D eigenvalue weighted by Gasteiger charge is 2.24. The van der Waals surface area contributed by atoms with Gasteiger partial charge in [-0.1, -0.05) is 69.9 Å². The van der Waals surface area contributed by atoms with E-state index >= 15 is 0 Å². The lowest BCUT2D eigenvalue weighted by Gasteiger charge is -2.36. The molecule has 2 aliphatic rings. The van der Waals surface area contributed by atoms with Gasteiger partial charge in [-0.2, -0.15) is 0 Å². The molecule has 0 radical (unpaired) electrons. The van der Waals surface area contributed by atoms with Gasteiger partial charge in [0.2, 0.25) is 5.91 Å². The minimum absolute atomic E-state index is 0.241. The van der Waals surface area contributed by atoms with E-state index in [2.05, 4.69) is 57.6 Å². The Morgan fingerprint density at radius 3 is 2.19 bits per heavy atom. The fraction of sp³-hybridized carbons (Fsp3) is 0.590. The van der Waals surface area contributed by atoms with Crippen LogP contribution in [0.2, 0.25) is 0 Å². The van der Waals surface area contributed by atoms with Crippen LogP contribution in [0.5, 0.6) is 5.75 Å². The second kappa shape index (κ2) is 19.0. The number of nitrogens with zero attached hydrogens (tertiary/aromatic N) is 3. The number of anilines is 2. The van der Waals surface area contributed by atoms with Crippen molar-refractivity contribution < 1.29 is 19.4 Å². The summed E-state index contributed by atoms with van der Waals surface area (Å²) in [6.45, 7) is 6.98. The molecule has 3 aromatic rings. The normalized spacial score (nSPS) is 15.4. The third kappa shape index (κ3) is 11.0. The van der Waals surface area contributed by atoms with Crippen molar-refractivity contribution in [3.8, 4) is 5.75 Å². The van der Waals surface area contributed by atoms with Gasteiger partial charge in [0, 0.05) is 67.4 Å². The van der Waals surface area contributed by atoms with Gasteiger partial charge in [0.1, 0.15) is 5.75 Å². The molecule has 47 heavy (non-hydrogen) atoms. The summed E-state index contributed by atoms with van der Waals surface area (Å²) >= 11 is 1.82. The van der Waals surface area contributed by atoms with E-state index in [4.69, 9.17) is 9.84 Å². The SMILES string of the molecule is O=C(O)CCCCCCCCCCCCCN1C(=O)CCc2ccc(OCCCCN3CCN(c4cccc5sccc45)CC3)cc21. The average molecular weight is 662 g/mol. The molecular formula is C39H55N3O4S. The van der Waals surface area contributed by atoms with Gasteiger partial charge in [-0.15, -0.1) is 11.3 Å². The molecule has 7 nitrogen and oxygen atoms in total. The van der Waals surface area contributed by atoms with Crippen LogP contribution < -0.4 is 14.5 Å². The number of carbonyl (C=O) groups is 2. The first-order valence-electron chi connectivity index (χ1n) is 18.3. The number of aryl methyl sites for hydroxylation is 1. The van der Waals surface area contributed by atoms with Crippen LogP contribution in [0.4, 0.5) is 11.4 Å². The van der Waals surface area contributed by atoms with Crippen LogP contribution in [0.3, 0.4) is 0 Å². The molecule has 0 spiro atoms. The Morgan fingerprint density at radius 1 is 0.745 bits per heavy atom. The van der Waals surface area contributed by atoms with Crippen LogP contribution in [0.1, 0.15) is 102 Å². The Labute approximate surface area is 285 Å². The van der Waals surface area contributed by atoms with Crippen molar-refractivity contribution in [2.24, 2.45) is 0 Å². The highest BCUT2D eigenvalue weighted by Crippen LogP contribution is 2.33. The molecule has 0 bridgehead atoms. The van der Waals surface area contributed by atoms with Gasteiger partial charge in [-0.05, 0) is 73.9 Å². The number of hydrogen-bond acceptors (Lipinski definition) is 6. The molecule has 0 aliphatic carbocycles. The Kier molecular flexibility index (Phi) is 14.3. The first-order chi connectivity index (χ1) is 23.1. The molecule has 1 amide bonds. The van der Waals surface area contributed by atoms with Crippen LogP contribution in [0.25, 0.3) is 10.1 Å². The van der Waals surface area contributed by atoms with Crippen LogP contribution in [-0.2, 0) is 16.0 Å². The number of benzene rings is 2. The molecule has 0 unspecified atom stereocenters. The van der Waals surface area contributed by atoms with Gasteiger partial charge in [-0.3, -0.25) is 14.5 Å². The van der Waals surface area contributed by atoms with E-state index < -0.39 is 5.97 Å². The number of rotatable bonds is 21. The topological polar surface area (TPSA) is 73.3 Å². The number of aliphatic carboxylic acids is 1. The van der Waals surface area contributed by atoms with E-state index in [1.165, 1.54) is 59.9 Å². The maximum atomic E-state index is 12.9. The summed E-state index contributed by atoms with van der Waals surface area (Å²) in [5.41, 5.74) is 3.69. The van der Waals surface area contributed by atoms with Crippen LogP contribution >= 0.6 is 11.3 Å². The lowest BCUT2D eigenvalue weighted by atomic mass is 10.00. The number of unbranched alkanes of at least 4 members (excludes halogenated alkanes) is 11. The summed E-state index contributed by atoms with van der Waals surface area (Å²) in [5, 5.41) is 12.3. The standard InChI is InChI=1S/C39H55N3O4S/c43-38-21-19-32-18-20-33(31-36(32)42(38)24-11-9-7-5-3-1-2-4-6-8-10-17-39(44)45)46-29-13-12-23-40-25-27-41(28-26-40)35-15-14-16-37-34(35)22-30-47-37/h14-16,18,20,22,30-31H,1-13,17,19,21,23-29H2,(H,44,45). The number of thiophene rings is 1. The van der Waals surface area contributed by atoms with Crippen molar-refractivity contribution in [1.82, 2.24) is 4.90 Å². The highest BCUT2D eigenvalue weighted by molar-refractivity contribution is 7.17. The third-order valence-corrected chi connectivity index (χ3v) is 10.7. The number of carboxylic acids is 1. The van der Waals surface area contributed by atoms with E-state index in [1.54, 1.807) is 0 Å². The van der Waals surface area contributed by atoms with Crippen molar-refractivity contribution in [3.63, 3.8) is 0 Å². The molecule has 1 saturated heterocycles. The predicted octanol–water partition coefficient (Wildman–Crippen LogP) is 8.93. The minimum Gasteiger partial charge on any atom is -0.494 e. The molecule has 1 fully saturated rings. The minimum atomic E-state index is -0.682. The van der Waals surface area contributed by atoms with E-state index in [-0.39, 0.29) is 5.91 Å². The van der Waals surface area contributed by atoms with E-state index in [0.29, 0.717) is 19.4 Å². The van der Waals surface area contributed by atoms with Gasteiger partial charge in [0.05, 0.1) is 12.3 Å². The largest absolute Gasteiger partial charge is 0.494 e. The number of carboxylic acid groups (broad SMARTS) is 1. The number of fused-ring (bicyclic) bond motifs is 2. The van der Waals surface area contributed by atoms with Crippen molar-refractivity contribution in [1.29, 1.82) is 0 Å². The van der Waals surface area contributed by atoms with Gasteiger partial charge < -0.3 is 19.6 Å². The van der Waals surface area contributed by atoms with Gasteiger partial charge in [-0.25, -0.2) is 0 Å². The maximum Gasteiger partial charge on any atom is 0.303 e. The lowest BCUT2D eigenvalue weighted by molar-refractivity contribution is -0.137. The number of hydrogen-bond donors (Lipinski definition) is 1. The summed E-state index contributed by atoms with van der Waals surface area (Å²) in [6, 6.07) is 15.3. The van der Waals surface area contributed by atoms with Crippen molar-refractivity contribution in [2.45, 2.75) is 103 Å². The first kappa shape index (κ1) is 35.2. The first-order valence-corrected chi connectivity index (χ1v) is 19.2. The Hall–Kier alpha value is -3.10. The molecule has 256 valence electrons. The van der Waals surface area contributed by atoms with Crippen LogP contribution in [0.15, 0.2) is 47.8 Å². The molecule has 5 rings (SSSR count). The molecule has 1 N–H and O–H groups in total. The fourth-order valence-corrected chi connectivity index (χ4v) is 7.89.